The third-order valence-electron chi connectivity index (χ3n) is 5.86. The first-order valence-electron chi connectivity index (χ1n) is 12.8. The number of thiophene rings is 1. The number of hydrogen-bond donors (Lipinski definition) is 3. The largest absolute Gasteiger partial charge is 0.444 e. The first kappa shape index (κ1) is 29.4. The molecule has 0 fully saturated rings. The molecule has 1 aliphatic rings. The highest BCUT2D eigenvalue weighted by atomic mass is 32.2. The molecule has 1 unspecified atom stereocenters. The number of thioether (sulfide) groups is 1. The zero-order valence-corrected chi connectivity index (χ0v) is 25.2. The number of carbonyl (C=O) groups excluding carboxylic acids is 2. The van der Waals surface area contributed by atoms with Gasteiger partial charge in [0.15, 0.2) is 5.11 Å². The second-order valence-corrected chi connectivity index (χ2v) is 13.1. The van der Waals surface area contributed by atoms with Gasteiger partial charge in [-0.3, -0.25) is 4.79 Å². The number of anilines is 3. The molecule has 4 rings (SSSR count). The zero-order valence-electron chi connectivity index (χ0n) is 22.7. The second-order valence-electron chi connectivity index (χ2n) is 10.2. The molecule has 3 aromatic rings. The SMILES string of the molecule is CC(Sc1cccc(NC(=S)Nc2ccccc2)c1)C(=O)Nc1sc2c(c1C#N)CCN(C(=O)OC(C)(C)C)C2. The second kappa shape index (κ2) is 12.7. The maximum Gasteiger partial charge on any atom is 0.410 e. The summed E-state index contributed by atoms with van der Waals surface area (Å²) in [6, 6.07) is 19.6. The van der Waals surface area contributed by atoms with E-state index in [9.17, 15) is 14.9 Å². The number of nitrogens with zero attached hydrogens (tertiary/aromatic N) is 2. The monoisotopic (exact) mass is 593 g/mol. The van der Waals surface area contributed by atoms with Gasteiger partial charge in [-0.05, 0) is 82.2 Å². The Morgan fingerprint density at radius 2 is 1.80 bits per heavy atom. The van der Waals surface area contributed by atoms with Crippen LogP contribution in [0.2, 0.25) is 0 Å². The van der Waals surface area contributed by atoms with Gasteiger partial charge in [-0.15, -0.1) is 23.1 Å². The molecule has 2 amide bonds. The van der Waals surface area contributed by atoms with Gasteiger partial charge in [0.05, 0.1) is 17.4 Å². The first-order chi connectivity index (χ1) is 19.0. The molecule has 3 N–H and O–H groups in total. The van der Waals surface area contributed by atoms with Crippen molar-refractivity contribution in [1.29, 1.82) is 5.26 Å². The van der Waals surface area contributed by atoms with Crippen LogP contribution in [0.5, 0.6) is 0 Å². The van der Waals surface area contributed by atoms with Crippen LogP contribution < -0.4 is 16.0 Å². The van der Waals surface area contributed by atoms with Crippen molar-refractivity contribution in [3.8, 4) is 6.07 Å². The normalized spacial score (nSPS) is 13.4. The molecule has 40 heavy (non-hydrogen) atoms. The molecule has 1 aliphatic heterocycles. The van der Waals surface area contributed by atoms with E-state index >= 15 is 0 Å². The number of amides is 2. The maximum atomic E-state index is 13.1. The van der Waals surface area contributed by atoms with Crippen LogP contribution in [-0.4, -0.2) is 39.4 Å². The Morgan fingerprint density at radius 1 is 1.10 bits per heavy atom. The highest BCUT2D eigenvalue weighted by molar-refractivity contribution is 8.00. The summed E-state index contributed by atoms with van der Waals surface area (Å²) >= 11 is 8.18. The standard InChI is InChI=1S/C29H31N5O3S3/c1-18(39-21-12-8-11-20(15-21)32-27(38)31-19-9-6-5-7-10-19)25(35)33-26-23(16-30)22-13-14-34(17-24(22)40-26)28(36)37-29(2,3)4/h5-12,15,18H,13-14,17H2,1-4H3,(H,33,35)(H2,31,32,38). The quantitative estimate of drug-likeness (QED) is 0.211. The Morgan fingerprint density at radius 3 is 2.50 bits per heavy atom. The fraction of sp³-hybridized carbons (Fsp3) is 0.310. The third kappa shape index (κ3) is 7.75. The summed E-state index contributed by atoms with van der Waals surface area (Å²) in [5, 5.41) is 19.7. The Hall–Kier alpha value is -3.59. The van der Waals surface area contributed by atoms with Gasteiger partial charge in [-0.1, -0.05) is 24.3 Å². The van der Waals surface area contributed by atoms with E-state index in [1.165, 1.54) is 23.1 Å². The Bertz CT molecular complexity index is 1440. The summed E-state index contributed by atoms with van der Waals surface area (Å²) in [6.07, 6.45) is 0.156. The molecular weight excluding hydrogens is 563 g/mol. The van der Waals surface area contributed by atoms with Crippen LogP contribution in [0.15, 0.2) is 59.5 Å². The number of ether oxygens (including phenoxy) is 1. The topological polar surface area (TPSA) is 106 Å². The fourth-order valence-corrected chi connectivity index (χ4v) is 6.40. The summed E-state index contributed by atoms with van der Waals surface area (Å²) in [7, 11) is 0. The molecular formula is C29H31N5O3S3. The number of benzene rings is 2. The Kier molecular flexibility index (Phi) is 9.35. The van der Waals surface area contributed by atoms with E-state index in [0.717, 1.165) is 26.7 Å². The number of nitrogens with one attached hydrogen (secondary N) is 3. The number of rotatable bonds is 6. The van der Waals surface area contributed by atoms with Crippen LogP contribution in [0, 0.1) is 11.3 Å². The van der Waals surface area contributed by atoms with Gasteiger partial charge in [0.25, 0.3) is 0 Å². The lowest BCUT2D eigenvalue weighted by Crippen LogP contribution is -2.39. The number of thiocarbonyl (C=S) groups is 1. The lowest BCUT2D eigenvalue weighted by Gasteiger charge is -2.29. The first-order valence-corrected chi connectivity index (χ1v) is 14.9. The molecule has 11 heteroatoms. The minimum Gasteiger partial charge on any atom is -0.444 e. The highest BCUT2D eigenvalue weighted by Crippen LogP contribution is 2.37. The number of nitriles is 1. The van der Waals surface area contributed by atoms with E-state index in [2.05, 4.69) is 22.0 Å². The average molecular weight is 594 g/mol. The smallest absolute Gasteiger partial charge is 0.410 e. The predicted molar refractivity (Wildman–Crippen MR) is 166 cm³/mol. The molecule has 0 saturated carbocycles. The molecule has 0 spiro atoms. The van der Waals surface area contributed by atoms with Crippen LogP contribution in [-0.2, 0) is 22.5 Å². The number of fused-ring (bicyclic) bond motifs is 1. The van der Waals surface area contributed by atoms with E-state index in [-0.39, 0.29) is 12.0 Å². The maximum absolute atomic E-state index is 13.1. The summed E-state index contributed by atoms with van der Waals surface area (Å²) in [5.74, 6) is -0.205. The van der Waals surface area contributed by atoms with Gasteiger partial charge in [-0.2, -0.15) is 5.26 Å². The van der Waals surface area contributed by atoms with E-state index in [4.69, 9.17) is 17.0 Å². The van der Waals surface area contributed by atoms with E-state index in [1.807, 2.05) is 82.3 Å². The number of carbonyl (C=O) groups is 2. The van der Waals surface area contributed by atoms with Crippen molar-refractivity contribution in [2.45, 2.75) is 56.4 Å². The van der Waals surface area contributed by atoms with Crippen LogP contribution in [0.1, 0.15) is 43.7 Å². The molecule has 0 aliphatic carbocycles. The predicted octanol–water partition coefficient (Wildman–Crippen LogP) is 6.84. The van der Waals surface area contributed by atoms with Crippen molar-refractivity contribution in [1.82, 2.24) is 4.90 Å². The summed E-state index contributed by atoms with van der Waals surface area (Å²) in [4.78, 5) is 29.1. The summed E-state index contributed by atoms with van der Waals surface area (Å²) < 4.78 is 5.50. The minimum atomic E-state index is -0.585. The number of hydrogen-bond acceptors (Lipinski definition) is 7. The molecule has 1 aromatic heterocycles. The summed E-state index contributed by atoms with van der Waals surface area (Å²) in [6.45, 7) is 8.13. The van der Waals surface area contributed by atoms with Crippen LogP contribution in [0.25, 0.3) is 0 Å². The van der Waals surface area contributed by atoms with Crippen LogP contribution in [0.4, 0.5) is 21.2 Å². The van der Waals surface area contributed by atoms with Gasteiger partial charge in [0, 0.05) is 27.7 Å². The zero-order chi connectivity index (χ0) is 28.9. The van der Waals surface area contributed by atoms with Crippen molar-refractivity contribution in [2.75, 3.05) is 22.5 Å². The van der Waals surface area contributed by atoms with Crippen molar-refractivity contribution < 1.29 is 14.3 Å². The van der Waals surface area contributed by atoms with Gasteiger partial charge >= 0.3 is 6.09 Å². The van der Waals surface area contributed by atoms with E-state index in [0.29, 0.717) is 35.2 Å². The lowest BCUT2D eigenvalue weighted by molar-refractivity contribution is -0.115. The van der Waals surface area contributed by atoms with Gasteiger partial charge in [-0.25, -0.2) is 4.79 Å². The van der Waals surface area contributed by atoms with Crippen molar-refractivity contribution >= 4 is 68.8 Å². The van der Waals surface area contributed by atoms with Gasteiger partial charge in [0.2, 0.25) is 5.91 Å². The summed E-state index contributed by atoms with van der Waals surface area (Å²) in [5.41, 5.74) is 2.47. The molecule has 2 aromatic carbocycles. The average Bonchev–Trinajstić information content (AvgIpc) is 3.24. The van der Waals surface area contributed by atoms with Crippen molar-refractivity contribution in [3.05, 3.63) is 70.6 Å². The molecule has 0 bridgehead atoms. The third-order valence-corrected chi connectivity index (χ3v) is 8.29. The minimum absolute atomic E-state index is 0.205. The fourth-order valence-electron chi connectivity index (χ4n) is 4.03. The van der Waals surface area contributed by atoms with Crippen LogP contribution in [0.3, 0.4) is 0 Å². The van der Waals surface area contributed by atoms with Gasteiger partial charge < -0.3 is 25.6 Å². The Balaban J connectivity index is 1.37. The van der Waals surface area contributed by atoms with E-state index < -0.39 is 10.9 Å². The molecule has 0 radical (unpaired) electrons. The van der Waals surface area contributed by atoms with Crippen molar-refractivity contribution in [3.63, 3.8) is 0 Å². The molecule has 8 nitrogen and oxygen atoms in total. The van der Waals surface area contributed by atoms with Crippen LogP contribution >= 0.6 is 35.3 Å². The van der Waals surface area contributed by atoms with E-state index in [1.54, 1.807) is 4.90 Å². The molecule has 208 valence electrons. The molecule has 1 atom stereocenters. The Labute approximate surface area is 248 Å². The highest BCUT2D eigenvalue weighted by Gasteiger charge is 2.30. The molecule has 2 heterocycles. The number of para-hydroxylation sites is 1. The lowest BCUT2D eigenvalue weighted by atomic mass is 10.0. The molecule has 0 saturated heterocycles. The van der Waals surface area contributed by atoms with Crippen molar-refractivity contribution in [2.24, 2.45) is 0 Å². The van der Waals surface area contributed by atoms with Gasteiger partial charge in [0.1, 0.15) is 16.7 Å².